The molecule has 0 atom stereocenters. The predicted molar refractivity (Wildman–Crippen MR) is 75.1 cm³/mol. The molecule has 20 heavy (non-hydrogen) atoms. The van der Waals surface area contributed by atoms with E-state index in [1.165, 1.54) is 5.23 Å². The van der Waals surface area contributed by atoms with Gasteiger partial charge in [-0.25, -0.2) is 19.5 Å². The lowest BCUT2D eigenvalue weighted by Crippen LogP contribution is -2.41. The van der Waals surface area contributed by atoms with Crippen molar-refractivity contribution in [1.82, 2.24) is 10.3 Å². The van der Waals surface area contributed by atoms with Gasteiger partial charge in [-0.05, 0) is 39.8 Å². The highest BCUT2D eigenvalue weighted by molar-refractivity contribution is 5.87. The van der Waals surface area contributed by atoms with Crippen LogP contribution in [-0.4, -0.2) is 29.3 Å². The van der Waals surface area contributed by atoms with Crippen LogP contribution in [0.2, 0.25) is 0 Å². The summed E-state index contributed by atoms with van der Waals surface area (Å²) >= 11 is 0. The molecular weight excluding hydrogens is 260 g/mol. The fourth-order valence-electron chi connectivity index (χ4n) is 1.51. The number of rotatable bonds is 2. The van der Waals surface area contributed by atoms with Crippen LogP contribution in [0.3, 0.4) is 0 Å². The monoisotopic (exact) mass is 280 g/mol. The molecular formula is C13H20N4O3. The SMILES string of the molecule is CNC(=O)Nc1ccc(N2OC(C)(C)C(C)(C)O2)cn1. The number of hydrogen-bond donors (Lipinski definition) is 2. The van der Waals surface area contributed by atoms with Crippen LogP contribution in [0.5, 0.6) is 0 Å². The summed E-state index contributed by atoms with van der Waals surface area (Å²) in [7, 11) is 1.54. The van der Waals surface area contributed by atoms with Gasteiger partial charge < -0.3 is 5.32 Å². The Morgan fingerprint density at radius 2 is 1.80 bits per heavy atom. The Bertz CT molecular complexity index is 483. The number of pyridine rings is 1. The summed E-state index contributed by atoms with van der Waals surface area (Å²) in [4.78, 5) is 26.8. The van der Waals surface area contributed by atoms with Crippen molar-refractivity contribution >= 4 is 17.5 Å². The topological polar surface area (TPSA) is 75.7 Å². The molecule has 110 valence electrons. The van der Waals surface area contributed by atoms with Crippen molar-refractivity contribution in [3.05, 3.63) is 18.3 Å². The maximum Gasteiger partial charge on any atom is 0.320 e. The van der Waals surface area contributed by atoms with Crippen LogP contribution in [0.1, 0.15) is 27.7 Å². The van der Waals surface area contributed by atoms with E-state index >= 15 is 0 Å². The number of carbonyl (C=O) groups is 1. The normalized spacial score (nSPS) is 19.8. The summed E-state index contributed by atoms with van der Waals surface area (Å²) in [6, 6.07) is 3.12. The molecule has 2 N–H and O–H groups in total. The molecule has 0 unspecified atom stereocenters. The van der Waals surface area contributed by atoms with Crippen molar-refractivity contribution in [1.29, 1.82) is 0 Å². The number of aromatic nitrogens is 1. The molecule has 0 spiro atoms. The highest BCUT2D eigenvalue weighted by Gasteiger charge is 2.50. The Hall–Kier alpha value is -1.86. The molecule has 2 rings (SSSR count). The van der Waals surface area contributed by atoms with Gasteiger partial charge in [0.2, 0.25) is 0 Å². The fourth-order valence-corrected chi connectivity index (χ4v) is 1.51. The Balaban J connectivity index is 2.10. The van der Waals surface area contributed by atoms with Gasteiger partial charge >= 0.3 is 6.03 Å². The Morgan fingerprint density at radius 3 is 2.25 bits per heavy atom. The zero-order valence-electron chi connectivity index (χ0n) is 12.4. The lowest BCUT2D eigenvalue weighted by atomic mass is 9.90. The first-order valence-corrected chi connectivity index (χ1v) is 6.38. The fraction of sp³-hybridized carbons (Fsp3) is 0.538. The van der Waals surface area contributed by atoms with E-state index < -0.39 is 11.2 Å². The van der Waals surface area contributed by atoms with E-state index in [4.69, 9.17) is 9.68 Å². The minimum Gasteiger partial charge on any atom is -0.341 e. The number of urea groups is 1. The molecule has 7 heteroatoms. The van der Waals surface area contributed by atoms with Crippen molar-refractivity contribution in [2.75, 3.05) is 17.6 Å². The van der Waals surface area contributed by atoms with Crippen LogP contribution in [0.15, 0.2) is 18.3 Å². The average Bonchev–Trinajstić information content (AvgIpc) is 2.59. The molecule has 1 aliphatic heterocycles. The third-order valence-corrected chi connectivity index (χ3v) is 3.50. The van der Waals surface area contributed by atoms with Gasteiger partial charge in [-0.3, -0.25) is 5.32 Å². The van der Waals surface area contributed by atoms with Crippen molar-refractivity contribution in [2.45, 2.75) is 38.9 Å². The van der Waals surface area contributed by atoms with E-state index in [9.17, 15) is 4.79 Å². The molecule has 7 nitrogen and oxygen atoms in total. The quantitative estimate of drug-likeness (QED) is 0.867. The third kappa shape index (κ3) is 2.68. The first-order valence-electron chi connectivity index (χ1n) is 6.38. The van der Waals surface area contributed by atoms with Gasteiger partial charge in [0.25, 0.3) is 0 Å². The van der Waals surface area contributed by atoms with Crippen molar-refractivity contribution < 1.29 is 14.5 Å². The smallest absolute Gasteiger partial charge is 0.320 e. The minimum atomic E-state index is -0.452. The average molecular weight is 280 g/mol. The number of nitrogens with zero attached hydrogens (tertiary/aromatic N) is 2. The molecule has 0 aromatic carbocycles. The van der Waals surface area contributed by atoms with Gasteiger partial charge in [0.05, 0.1) is 6.20 Å². The number of amides is 2. The Kier molecular flexibility index (Phi) is 3.58. The summed E-state index contributed by atoms with van der Waals surface area (Å²) in [5.74, 6) is 0.450. The molecule has 0 aliphatic carbocycles. The van der Waals surface area contributed by atoms with Gasteiger partial charge in [-0.15, -0.1) is 5.23 Å². The summed E-state index contributed by atoms with van der Waals surface area (Å²) in [6.45, 7) is 7.84. The van der Waals surface area contributed by atoms with E-state index in [0.717, 1.165) is 0 Å². The van der Waals surface area contributed by atoms with E-state index in [1.807, 2.05) is 27.7 Å². The van der Waals surface area contributed by atoms with Crippen LogP contribution in [0, 0.1) is 0 Å². The summed E-state index contributed by atoms with van der Waals surface area (Å²) in [5, 5.41) is 6.39. The van der Waals surface area contributed by atoms with Crippen LogP contribution >= 0.6 is 0 Å². The highest BCUT2D eigenvalue weighted by atomic mass is 17.0. The lowest BCUT2D eigenvalue weighted by molar-refractivity contribution is -0.0274. The molecule has 2 amide bonds. The van der Waals surface area contributed by atoms with Gasteiger partial charge in [0.1, 0.15) is 22.7 Å². The second-order valence-corrected chi connectivity index (χ2v) is 5.57. The first kappa shape index (κ1) is 14.5. The van der Waals surface area contributed by atoms with Crippen molar-refractivity contribution in [2.24, 2.45) is 0 Å². The van der Waals surface area contributed by atoms with Gasteiger partial charge in [0.15, 0.2) is 0 Å². The predicted octanol–water partition coefficient (Wildman–Crippen LogP) is 2.07. The van der Waals surface area contributed by atoms with E-state index in [2.05, 4.69) is 15.6 Å². The zero-order valence-corrected chi connectivity index (χ0v) is 12.4. The summed E-state index contributed by atoms with van der Waals surface area (Å²) in [6.07, 6.45) is 1.57. The standard InChI is InChI=1S/C13H20N4O3/c1-12(2)13(3,4)20-17(19-12)9-6-7-10(15-8-9)16-11(18)14-5/h6-8H,1-5H3,(H2,14,15,16,18). The molecule has 1 saturated heterocycles. The highest BCUT2D eigenvalue weighted by Crippen LogP contribution is 2.39. The summed E-state index contributed by atoms with van der Waals surface area (Å²) < 4.78 is 0. The first-order chi connectivity index (χ1) is 9.25. The molecule has 1 fully saturated rings. The van der Waals surface area contributed by atoms with Crippen LogP contribution in [-0.2, 0) is 9.68 Å². The van der Waals surface area contributed by atoms with Crippen LogP contribution in [0.4, 0.5) is 16.3 Å². The van der Waals surface area contributed by atoms with Gasteiger partial charge in [-0.2, -0.15) is 0 Å². The zero-order chi connectivity index (χ0) is 15.0. The number of carbonyl (C=O) groups excluding carboxylic acids is 1. The molecule has 2 heterocycles. The van der Waals surface area contributed by atoms with Gasteiger partial charge in [0, 0.05) is 7.05 Å². The number of anilines is 2. The van der Waals surface area contributed by atoms with E-state index in [0.29, 0.717) is 11.5 Å². The molecule has 1 aromatic heterocycles. The Labute approximate surface area is 118 Å². The maximum absolute atomic E-state index is 11.2. The molecule has 0 bridgehead atoms. The second kappa shape index (κ2) is 4.92. The summed E-state index contributed by atoms with van der Waals surface area (Å²) in [5.41, 5.74) is -0.246. The number of nitrogens with one attached hydrogen (secondary N) is 2. The van der Waals surface area contributed by atoms with E-state index in [-0.39, 0.29) is 6.03 Å². The number of hydrogen-bond acceptors (Lipinski definition) is 5. The third-order valence-electron chi connectivity index (χ3n) is 3.50. The maximum atomic E-state index is 11.2. The second-order valence-electron chi connectivity index (χ2n) is 5.57. The lowest BCUT2D eigenvalue weighted by Gasteiger charge is -2.26. The largest absolute Gasteiger partial charge is 0.341 e. The Morgan fingerprint density at radius 1 is 1.20 bits per heavy atom. The molecule has 0 saturated carbocycles. The van der Waals surface area contributed by atoms with Crippen molar-refractivity contribution in [3.63, 3.8) is 0 Å². The van der Waals surface area contributed by atoms with Crippen molar-refractivity contribution in [3.8, 4) is 0 Å². The van der Waals surface area contributed by atoms with Gasteiger partial charge in [-0.1, -0.05) is 0 Å². The van der Waals surface area contributed by atoms with Crippen LogP contribution < -0.4 is 15.9 Å². The van der Waals surface area contributed by atoms with E-state index in [1.54, 1.807) is 25.4 Å². The molecule has 0 radical (unpaired) electrons. The molecule has 1 aliphatic rings. The molecule has 1 aromatic rings. The van der Waals surface area contributed by atoms with Crippen LogP contribution in [0.25, 0.3) is 0 Å². The minimum absolute atomic E-state index is 0.318.